The predicted octanol–water partition coefficient (Wildman–Crippen LogP) is 2.59. The molecular formula is C20H30FN3O. The highest BCUT2D eigenvalue weighted by Crippen LogP contribution is 2.23. The third kappa shape index (κ3) is 5.25. The van der Waals surface area contributed by atoms with Gasteiger partial charge in [-0.2, -0.15) is 0 Å². The second-order valence-corrected chi connectivity index (χ2v) is 7.37. The first-order chi connectivity index (χ1) is 12.1. The molecule has 1 aromatic carbocycles. The Balaban J connectivity index is 1.39. The molecule has 0 aromatic heterocycles. The average Bonchev–Trinajstić information content (AvgIpc) is 2.63. The van der Waals surface area contributed by atoms with Crippen LogP contribution in [0.2, 0.25) is 0 Å². The summed E-state index contributed by atoms with van der Waals surface area (Å²) < 4.78 is 13.3. The molecule has 0 atom stereocenters. The number of hydrogen-bond donors (Lipinski definition) is 0. The van der Waals surface area contributed by atoms with Crippen molar-refractivity contribution in [2.24, 2.45) is 5.92 Å². The Labute approximate surface area is 150 Å². The van der Waals surface area contributed by atoms with Gasteiger partial charge in [0.1, 0.15) is 5.82 Å². The Morgan fingerprint density at radius 3 is 2.44 bits per heavy atom. The zero-order valence-electron chi connectivity index (χ0n) is 15.3. The zero-order chi connectivity index (χ0) is 17.6. The number of carbonyl (C=O) groups excluding carboxylic acids is 1. The Morgan fingerprint density at radius 2 is 1.80 bits per heavy atom. The molecule has 1 aromatic rings. The van der Waals surface area contributed by atoms with Crippen molar-refractivity contribution in [1.82, 2.24) is 14.7 Å². The van der Waals surface area contributed by atoms with E-state index in [-0.39, 0.29) is 5.82 Å². The fourth-order valence-corrected chi connectivity index (χ4v) is 3.93. The second-order valence-electron chi connectivity index (χ2n) is 7.37. The van der Waals surface area contributed by atoms with Crippen molar-refractivity contribution in [1.29, 1.82) is 0 Å². The molecule has 138 valence electrons. The van der Waals surface area contributed by atoms with E-state index >= 15 is 0 Å². The van der Waals surface area contributed by atoms with Crippen LogP contribution in [0.25, 0.3) is 0 Å². The SMILES string of the molecule is CCN1CCN(C(=O)CC2CCN(Cc3cccc(F)c3)CC2)CC1. The maximum absolute atomic E-state index is 13.3. The van der Waals surface area contributed by atoms with Gasteiger partial charge >= 0.3 is 0 Å². The lowest BCUT2D eigenvalue weighted by atomic mass is 9.92. The van der Waals surface area contributed by atoms with Crippen LogP contribution in [0.1, 0.15) is 31.7 Å². The third-order valence-electron chi connectivity index (χ3n) is 5.64. The van der Waals surface area contributed by atoms with Crippen molar-refractivity contribution in [2.75, 3.05) is 45.8 Å². The summed E-state index contributed by atoms with van der Waals surface area (Å²) in [6.45, 7) is 9.83. The second kappa shape index (κ2) is 8.77. The van der Waals surface area contributed by atoms with Crippen LogP contribution in [-0.4, -0.2) is 66.4 Å². The molecule has 0 unspecified atom stereocenters. The highest BCUT2D eigenvalue weighted by atomic mass is 19.1. The van der Waals surface area contributed by atoms with E-state index in [0.29, 0.717) is 18.2 Å². The van der Waals surface area contributed by atoms with Crippen LogP contribution in [0.15, 0.2) is 24.3 Å². The van der Waals surface area contributed by atoms with Crippen LogP contribution in [0.3, 0.4) is 0 Å². The topological polar surface area (TPSA) is 26.8 Å². The number of likely N-dealkylation sites (N-methyl/N-ethyl adjacent to an activating group) is 1. The number of carbonyl (C=O) groups is 1. The highest BCUT2D eigenvalue weighted by molar-refractivity contribution is 5.76. The summed E-state index contributed by atoms with van der Waals surface area (Å²) >= 11 is 0. The van der Waals surface area contributed by atoms with E-state index in [1.807, 2.05) is 11.0 Å². The maximum Gasteiger partial charge on any atom is 0.222 e. The summed E-state index contributed by atoms with van der Waals surface area (Å²) in [5, 5.41) is 0. The number of rotatable bonds is 5. The fourth-order valence-electron chi connectivity index (χ4n) is 3.93. The summed E-state index contributed by atoms with van der Waals surface area (Å²) in [7, 11) is 0. The van der Waals surface area contributed by atoms with E-state index in [0.717, 1.165) is 70.8 Å². The number of piperidine rings is 1. The Morgan fingerprint density at radius 1 is 1.08 bits per heavy atom. The smallest absolute Gasteiger partial charge is 0.222 e. The van der Waals surface area contributed by atoms with Crippen molar-refractivity contribution < 1.29 is 9.18 Å². The van der Waals surface area contributed by atoms with Gasteiger partial charge in [-0.05, 0) is 56.1 Å². The summed E-state index contributed by atoms with van der Waals surface area (Å²) in [4.78, 5) is 19.3. The van der Waals surface area contributed by atoms with Crippen LogP contribution < -0.4 is 0 Å². The molecule has 0 N–H and O–H groups in total. The van der Waals surface area contributed by atoms with Gasteiger partial charge in [0.15, 0.2) is 0 Å². The lowest BCUT2D eigenvalue weighted by molar-refractivity contribution is -0.134. The molecule has 2 aliphatic rings. The molecule has 2 saturated heterocycles. The Bertz CT molecular complexity index is 564. The first-order valence-corrected chi connectivity index (χ1v) is 9.61. The molecule has 2 heterocycles. The van der Waals surface area contributed by atoms with Gasteiger partial charge in [0.2, 0.25) is 5.91 Å². The number of nitrogens with zero attached hydrogens (tertiary/aromatic N) is 3. The quantitative estimate of drug-likeness (QED) is 0.819. The molecule has 25 heavy (non-hydrogen) atoms. The average molecular weight is 347 g/mol. The molecular weight excluding hydrogens is 317 g/mol. The van der Waals surface area contributed by atoms with Crippen LogP contribution in [0, 0.1) is 11.7 Å². The molecule has 4 nitrogen and oxygen atoms in total. The van der Waals surface area contributed by atoms with Crippen molar-refractivity contribution in [3.8, 4) is 0 Å². The van der Waals surface area contributed by atoms with E-state index in [1.165, 1.54) is 6.07 Å². The van der Waals surface area contributed by atoms with E-state index in [9.17, 15) is 9.18 Å². The van der Waals surface area contributed by atoms with Crippen LogP contribution in [0.4, 0.5) is 4.39 Å². The molecule has 0 bridgehead atoms. The molecule has 3 rings (SSSR count). The van der Waals surface area contributed by atoms with Gasteiger partial charge in [0.25, 0.3) is 0 Å². The molecule has 2 fully saturated rings. The minimum Gasteiger partial charge on any atom is -0.340 e. The van der Waals surface area contributed by atoms with Crippen LogP contribution >= 0.6 is 0 Å². The van der Waals surface area contributed by atoms with Gasteiger partial charge in [-0.15, -0.1) is 0 Å². The predicted molar refractivity (Wildman–Crippen MR) is 97.7 cm³/mol. The fraction of sp³-hybridized carbons (Fsp3) is 0.650. The van der Waals surface area contributed by atoms with Gasteiger partial charge in [0.05, 0.1) is 0 Å². The normalized spacial score (nSPS) is 20.8. The lowest BCUT2D eigenvalue weighted by Gasteiger charge is -2.36. The van der Waals surface area contributed by atoms with Gasteiger partial charge < -0.3 is 9.80 Å². The standard InChI is InChI=1S/C20H30FN3O/c1-2-22-10-12-24(13-11-22)20(25)15-17-6-8-23(9-7-17)16-18-4-3-5-19(21)14-18/h3-5,14,17H,2,6-13,15-16H2,1H3. The van der Waals surface area contributed by atoms with Gasteiger partial charge in [-0.1, -0.05) is 19.1 Å². The number of hydrogen-bond acceptors (Lipinski definition) is 3. The number of amides is 1. The summed E-state index contributed by atoms with van der Waals surface area (Å²) in [6, 6.07) is 6.86. The first kappa shape index (κ1) is 18.3. The minimum atomic E-state index is -0.166. The Hall–Kier alpha value is -1.46. The molecule has 2 aliphatic heterocycles. The number of halogens is 1. The summed E-state index contributed by atoms with van der Waals surface area (Å²) in [5.41, 5.74) is 1.03. The number of piperazine rings is 1. The number of likely N-dealkylation sites (tertiary alicyclic amines) is 1. The molecule has 0 saturated carbocycles. The third-order valence-corrected chi connectivity index (χ3v) is 5.64. The monoisotopic (exact) mass is 347 g/mol. The van der Waals surface area contributed by atoms with Crippen LogP contribution in [-0.2, 0) is 11.3 Å². The van der Waals surface area contributed by atoms with E-state index in [2.05, 4.69) is 16.7 Å². The largest absolute Gasteiger partial charge is 0.340 e. The van der Waals surface area contributed by atoms with E-state index in [1.54, 1.807) is 12.1 Å². The van der Waals surface area contributed by atoms with Gasteiger partial charge in [-0.3, -0.25) is 9.69 Å². The van der Waals surface area contributed by atoms with Crippen molar-refractivity contribution in [3.63, 3.8) is 0 Å². The van der Waals surface area contributed by atoms with Crippen molar-refractivity contribution >= 4 is 5.91 Å². The maximum atomic E-state index is 13.3. The number of benzene rings is 1. The summed E-state index contributed by atoms with van der Waals surface area (Å²) in [5.74, 6) is 0.668. The molecule has 5 heteroatoms. The molecule has 0 aliphatic carbocycles. The zero-order valence-corrected chi connectivity index (χ0v) is 15.3. The van der Waals surface area contributed by atoms with E-state index in [4.69, 9.17) is 0 Å². The van der Waals surface area contributed by atoms with Crippen molar-refractivity contribution in [2.45, 2.75) is 32.7 Å². The van der Waals surface area contributed by atoms with E-state index < -0.39 is 0 Å². The molecule has 0 radical (unpaired) electrons. The molecule has 0 spiro atoms. The lowest BCUT2D eigenvalue weighted by Crippen LogP contribution is -2.49. The minimum absolute atomic E-state index is 0.166. The van der Waals surface area contributed by atoms with Crippen molar-refractivity contribution in [3.05, 3.63) is 35.6 Å². The summed E-state index contributed by atoms with van der Waals surface area (Å²) in [6.07, 6.45) is 2.83. The highest BCUT2D eigenvalue weighted by Gasteiger charge is 2.25. The molecule has 1 amide bonds. The van der Waals surface area contributed by atoms with Gasteiger partial charge in [-0.25, -0.2) is 4.39 Å². The first-order valence-electron chi connectivity index (χ1n) is 9.61. The van der Waals surface area contributed by atoms with Crippen LogP contribution in [0.5, 0.6) is 0 Å². The Kier molecular flexibility index (Phi) is 6.43. The van der Waals surface area contributed by atoms with Gasteiger partial charge in [0, 0.05) is 39.1 Å².